The molecule has 0 amide bonds. The fraction of sp³-hybridized carbons (Fsp3) is 0.0500. The first-order chi connectivity index (χ1) is 12.3. The Labute approximate surface area is 152 Å². The van der Waals surface area contributed by atoms with Gasteiger partial charge < -0.3 is 9.47 Å². The lowest BCUT2D eigenvalue weighted by Gasteiger charge is -2.05. The fourth-order valence-electron chi connectivity index (χ4n) is 3.04. The first-order valence-corrected chi connectivity index (χ1v) is 9.50. The van der Waals surface area contributed by atoms with Gasteiger partial charge in [-0.05, 0) is 41.3 Å². The molecule has 0 spiro atoms. The maximum atomic E-state index is 13.2. The number of carbonyl (C=O) groups excluding carboxylic acids is 1. The molecule has 2 aromatic heterocycles. The van der Waals surface area contributed by atoms with E-state index in [1.165, 1.54) is 11.3 Å². The summed E-state index contributed by atoms with van der Waals surface area (Å²) in [4.78, 5) is 14.9. The molecule has 2 aromatic carbocycles. The van der Waals surface area contributed by atoms with Crippen molar-refractivity contribution in [3.63, 3.8) is 0 Å². The maximum absolute atomic E-state index is 13.2. The summed E-state index contributed by atoms with van der Waals surface area (Å²) in [6.45, 7) is 0.242. The van der Waals surface area contributed by atoms with Crippen LogP contribution in [0.3, 0.4) is 0 Å². The summed E-state index contributed by atoms with van der Waals surface area (Å²) < 4.78 is 12.0. The monoisotopic (exact) mass is 364 g/mol. The van der Waals surface area contributed by atoms with Crippen LogP contribution in [0.1, 0.15) is 15.2 Å². The topological polar surface area (TPSA) is 35.5 Å². The molecule has 1 aliphatic heterocycles. The molecular formula is C20H12O3S2. The Morgan fingerprint density at radius 1 is 0.960 bits per heavy atom. The van der Waals surface area contributed by atoms with Crippen LogP contribution in [0.2, 0.25) is 0 Å². The molecule has 122 valence electrons. The van der Waals surface area contributed by atoms with E-state index in [1.807, 2.05) is 53.9 Å². The number of benzene rings is 2. The third-order valence-corrected chi connectivity index (χ3v) is 6.29. The van der Waals surface area contributed by atoms with Gasteiger partial charge in [-0.1, -0.05) is 24.3 Å². The minimum Gasteiger partial charge on any atom is -0.454 e. The number of hydrogen-bond donors (Lipinski definition) is 0. The van der Waals surface area contributed by atoms with Crippen molar-refractivity contribution in [2.45, 2.75) is 0 Å². The highest BCUT2D eigenvalue weighted by molar-refractivity contribution is 7.23. The Morgan fingerprint density at radius 2 is 1.84 bits per heavy atom. The van der Waals surface area contributed by atoms with Gasteiger partial charge in [0.2, 0.25) is 12.6 Å². The Hall–Kier alpha value is -2.63. The van der Waals surface area contributed by atoms with Crippen molar-refractivity contribution < 1.29 is 14.3 Å². The molecule has 0 atom stereocenters. The summed E-state index contributed by atoms with van der Waals surface area (Å²) in [5.41, 5.74) is 1.74. The smallest absolute Gasteiger partial charge is 0.231 e. The molecule has 4 aromatic rings. The molecule has 0 aliphatic carbocycles. The standard InChI is InChI=1S/C20H12O3S2/c21-19(17-6-3-9-24-17)18-13-4-1-2-5-16(13)25-20(18)12-7-8-14-15(10-12)23-11-22-14/h1-10H,11H2. The van der Waals surface area contributed by atoms with Crippen LogP contribution in [-0.4, -0.2) is 12.6 Å². The Balaban J connectivity index is 1.75. The number of fused-ring (bicyclic) bond motifs is 2. The predicted octanol–water partition coefficient (Wildman–Crippen LogP) is 5.59. The van der Waals surface area contributed by atoms with E-state index in [9.17, 15) is 4.79 Å². The highest BCUT2D eigenvalue weighted by Gasteiger charge is 2.23. The van der Waals surface area contributed by atoms with E-state index >= 15 is 0 Å². The SMILES string of the molecule is O=C(c1cccs1)c1c(-c2ccc3c(c2)OCO3)sc2ccccc12. The van der Waals surface area contributed by atoms with Crippen LogP contribution < -0.4 is 9.47 Å². The summed E-state index contributed by atoms with van der Waals surface area (Å²) >= 11 is 3.11. The zero-order chi connectivity index (χ0) is 16.8. The number of thiophene rings is 2. The van der Waals surface area contributed by atoms with Crippen molar-refractivity contribution in [1.29, 1.82) is 0 Å². The van der Waals surface area contributed by atoms with Crippen LogP contribution in [0.4, 0.5) is 0 Å². The molecule has 3 heterocycles. The molecule has 5 heteroatoms. The van der Waals surface area contributed by atoms with E-state index < -0.39 is 0 Å². The lowest BCUT2D eigenvalue weighted by Crippen LogP contribution is -1.99. The molecule has 25 heavy (non-hydrogen) atoms. The molecule has 0 bridgehead atoms. The van der Waals surface area contributed by atoms with Gasteiger partial charge in [-0.25, -0.2) is 0 Å². The van der Waals surface area contributed by atoms with Crippen molar-refractivity contribution in [2.75, 3.05) is 6.79 Å². The highest BCUT2D eigenvalue weighted by atomic mass is 32.1. The summed E-state index contributed by atoms with van der Waals surface area (Å²) in [7, 11) is 0. The minimum absolute atomic E-state index is 0.0696. The lowest BCUT2D eigenvalue weighted by atomic mass is 10.0. The third-order valence-electron chi connectivity index (χ3n) is 4.20. The number of carbonyl (C=O) groups is 1. The van der Waals surface area contributed by atoms with Gasteiger partial charge in [-0.3, -0.25) is 4.79 Å². The molecule has 0 saturated carbocycles. The van der Waals surface area contributed by atoms with Crippen LogP contribution in [-0.2, 0) is 0 Å². The Kier molecular flexibility index (Phi) is 3.36. The van der Waals surface area contributed by atoms with Crippen molar-refractivity contribution in [2.24, 2.45) is 0 Å². The van der Waals surface area contributed by atoms with Crippen LogP contribution in [0.5, 0.6) is 11.5 Å². The summed E-state index contributed by atoms with van der Waals surface area (Å²) in [5.74, 6) is 1.54. The summed E-state index contributed by atoms with van der Waals surface area (Å²) in [6.07, 6.45) is 0. The maximum Gasteiger partial charge on any atom is 0.231 e. The molecule has 5 rings (SSSR count). The molecule has 0 saturated heterocycles. The zero-order valence-electron chi connectivity index (χ0n) is 13.0. The van der Waals surface area contributed by atoms with Gasteiger partial charge in [-0.15, -0.1) is 22.7 Å². The van der Waals surface area contributed by atoms with Gasteiger partial charge in [0.1, 0.15) is 0 Å². The Morgan fingerprint density at radius 3 is 2.72 bits per heavy atom. The average molecular weight is 364 g/mol. The second kappa shape index (κ2) is 5.72. The van der Waals surface area contributed by atoms with E-state index in [4.69, 9.17) is 9.47 Å². The van der Waals surface area contributed by atoms with Crippen molar-refractivity contribution >= 4 is 38.5 Å². The van der Waals surface area contributed by atoms with E-state index in [-0.39, 0.29) is 12.6 Å². The van der Waals surface area contributed by atoms with Crippen LogP contribution in [0.25, 0.3) is 20.5 Å². The predicted molar refractivity (Wildman–Crippen MR) is 101 cm³/mol. The largest absolute Gasteiger partial charge is 0.454 e. The average Bonchev–Trinajstić information content (AvgIpc) is 3.38. The van der Waals surface area contributed by atoms with Crippen molar-refractivity contribution in [3.8, 4) is 21.9 Å². The third kappa shape index (κ3) is 2.35. The van der Waals surface area contributed by atoms with Gasteiger partial charge >= 0.3 is 0 Å². The minimum atomic E-state index is 0.0696. The quantitative estimate of drug-likeness (QED) is 0.445. The van der Waals surface area contributed by atoms with Gasteiger partial charge in [0.25, 0.3) is 0 Å². The molecule has 3 nitrogen and oxygen atoms in total. The van der Waals surface area contributed by atoms with Crippen molar-refractivity contribution in [3.05, 3.63) is 70.4 Å². The first kappa shape index (κ1) is 14.7. The molecular weight excluding hydrogens is 352 g/mol. The fourth-order valence-corrected chi connectivity index (χ4v) is 4.91. The van der Waals surface area contributed by atoms with E-state index in [1.54, 1.807) is 11.3 Å². The second-order valence-corrected chi connectivity index (χ2v) is 7.68. The van der Waals surface area contributed by atoms with Gasteiger partial charge in [-0.2, -0.15) is 0 Å². The number of ether oxygens (including phenoxy) is 2. The highest BCUT2D eigenvalue weighted by Crippen LogP contribution is 2.43. The zero-order valence-corrected chi connectivity index (χ0v) is 14.7. The summed E-state index contributed by atoms with van der Waals surface area (Å²) in [5, 5.41) is 2.93. The molecule has 0 N–H and O–H groups in total. The number of hydrogen-bond acceptors (Lipinski definition) is 5. The van der Waals surface area contributed by atoms with Gasteiger partial charge in [0, 0.05) is 20.5 Å². The normalized spacial score (nSPS) is 12.6. The van der Waals surface area contributed by atoms with Gasteiger partial charge in [0.15, 0.2) is 11.5 Å². The summed E-state index contributed by atoms with van der Waals surface area (Å²) in [6, 6.07) is 17.7. The number of ketones is 1. The second-order valence-electron chi connectivity index (χ2n) is 5.68. The molecule has 0 radical (unpaired) electrons. The van der Waals surface area contributed by atoms with Crippen LogP contribution in [0, 0.1) is 0 Å². The Bertz CT molecular complexity index is 1090. The van der Waals surface area contributed by atoms with Crippen molar-refractivity contribution in [1.82, 2.24) is 0 Å². The van der Waals surface area contributed by atoms with Crippen LogP contribution >= 0.6 is 22.7 Å². The molecule has 0 fully saturated rings. The number of rotatable bonds is 3. The van der Waals surface area contributed by atoms with Crippen LogP contribution in [0.15, 0.2) is 60.0 Å². The molecule has 0 unspecified atom stereocenters. The van der Waals surface area contributed by atoms with E-state index in [2.05, 4.69) is 6.07 Å². The van der Waals surface area contributed by atoms with E-state index in [0.29, 0.717) is 0 Å². The first-order valence-electron chi connectivity index (χ1n) is 7.81. The van der Waals surface area contributed by atoms with Gasteiger partial charge in [0.05, 0.1) is 4.88 Å². The molecule has 1 aliphatic rings. The van der Waals surface area contributed by atoms with E-state index in [0.717, 1.165) is 42.5 Å². The lowest BCUT2D eigenvalue weighted by molar-refractivity contribution is 0.104.